The maximum atomic E-state index is 13.1. The number of amides is 3. The summed E-state index contributed by atoms with van der Waals surface area (Å²) in [6.07, 6.45) is -14.8. The van der Waals surface area contributed by atoms with Gasteiger partial charge in [0, 0.05) is 51.9 Å². The second kappa shape index (κ2) is 17.6. The Bertz CT molecular complexity index is 1320. The number of aliphatic hydroxyl groups is 3. The van der Waals surface area contributed by atoms with Gasteiger partial charge in [-0.25, -0.2) is 4.79 Å². The SMILES string of the molecule is CCCCN(CCCCN(CCCNC(=O)CCn1cc([C@@H]2O[C@H](CO)C(O)[C@@H]2O)c(=O)[nH]c1=O)C(=O)C(F)(F)F)C(=O)C(F)(F)F. The van der Waals surface area contributed by atoms with Crippen LogP contribution in [0.5, 0.6) is 0 Å². The van der Waals surface area contributed by atoms with E-state index in [0.717, 1.165) is 10.8 Å². The molecule has 0 radical (unpaired) electrons. The van der Waals surface area contributed by atoms with E-state index in [1.165, 1.54) is 0 Å². The largest absolute Gasteiger partial charge is 0.471 e. The molecule has 2 rings (SSSR count). The van der Waals surface area contributed by atoms with Crippen molar-refractivity contribution in [2.24, 2.45) is 0 Å². The van der Waals surface area contributed by atoms with Crippen LogP contribution >= 0.6 is 0 Å². The fourth-order valence-electron chi connectivity index (χ4n) is 4.80. The number of carbonyl (C=O) groups is 3. The van der Waals surface area contributed by atoms with E-state index in [1.807, 2.05) is 4.98 Å². The van der Waals surface area contributed by atoms with E-state index in [2.05, 4.69) is 5.32 Å². The van der Waals surface area contributed by atoms with E-state index in [9.17, 15) is 65.6 Å². The van der Waals surface area contributed by atoms with Gasteiger partial charge in [-0.1, -0.05) is 13.3 Å². The van der Waals surface area contributed by atoms with Crippen LogP contribution in [0.25, 0.3) is 0 Å². The monoisotopic (exact) mass is 691 g/mol. The maximum Gasteiger partial charge on any atom is 0.471 e. The lowest BCUT2D eigenvalue weighted by Crippen LogP contribution is -2.44. The van der Waals surface area contributed by atoms with Gasteiger partial charge >= 0.3 is 29.9 Å². The molecular weight excluding hydrogens is 652 g/mol. The molecule has 0 bridgehead atoms. The highest BCUT2D eigenvalue weighted by atomic mass is 19.4. The number of aromatic amines is 1. The quantitative estimate of drug-likeness (QED) is 0.110. The molecule has 1 aromatic heterocycles. The molecule has 3 amide bonds. The molecule has 1 aromatic rings. The molecule has 0 aromatic carbocycles. The Balaban J connectivity index is 1.90. The van der Waals surface area contributed by atoms with E-state index in [0.29, 0.717) is 22.6 Å². The summed E-state index contributed by atoms with van der Waals surface area (Å²) in [6, 6.07) is 0. The van der Waals surface area contributed by atoms with Crippen LogP contribution in [0.3, 0.4) is 0 Å². The molecule has 4 atom stereocenters. The zero-order chi connectivity index (χ0) is 35.5. The summed E-state index contributed by atoms with van der Waals surface area (Å²) in [5.41, 5.74) is -2.08. The first-order valence-electron chi connectivity index (χ1n) is 14.9. The van der Waals surface area contributed by atoms with Gasteiger partial charge in [-0.05, 0) is 25.7 Å². The lowest BCUT2D eigenvalue weighted by molar-refractivity contribution is -0.186. The molecule has 1 fully saturated rings. The van der Waals surface area contributed by atoms with Crippen molar-refractivity contribution in [1.82, 2.24) is 24.7 Å². The molecule has 0 aliphatic carbocycles. The number of alkyl halides is 6. The zero-order valence-electron chi connectivity index (χ0n) is 25.5. The summed E-state index contributed by atoms with van der Waals surface area (Å²) in [7, 11) is 0. The predicted octanol–water partition coefficient (Wildman–Crippen LogP) is -0.0509. The number of halogens is 6. The molecule has 0 spiro atoms. The van der Waals surface area contributed by atoms with Crippen LogP contribution in [0.2, 0.25) is 0 Å². The van der Waals surface area contributed by atoms with Crippen LogP contribution in [-0.4, -0.2) is 122 Å². The van der Waals surface area contributed by atoms with Gasteiger partial charge < -0.3 is 35.2 Å². The molecule has 47 heavy (non-hydrogen) atoms. The second-order valence-corrected chi connectivity index (χ2v) is 10.9. The number of aromatic nitrogens is 2. The Hall–Kier alpha value is -3.49. The number of carbonyl (C=O) groups excluding carboxylic acids is 3. The predicted molar refractivity (Wildman–Crippen MR) is 150 cm³/mol. The number of aliphatic hydroxyl groups excluding tert-OH is 3. The lowest BCUT2D eigenvalue weighted by Gasteiger charge is -2.26. The summed E-state index contributed by atoms with van der Waals surface area (Å²) >= 11 is 0. The maximum absolute atomic E-state index is 13.1. The zero-order valence-corrected chi connectivity index (χ0v) is 25.5. The minimum absolute atomic E-state index is 0.0931. The fourth-order valence-corrected chi connectivity index (χ4v) is 4.80. The minimum Gasteiger partial charge on any atom is -0.394 e. The minimum atomic E-state index is -5.22. The molecule has 5 N–H and O–H groups in total. The van der Waals surface area contributed by atoms with E-state index in [4.69, 9.17) is 4.74 Å². The van der Waals surface area contributed by atoms with Crippen molar-refractivity contribution in [2.45, 2.75) is 88.8 Å². The molecule has 20 heteroatoms. The average molecular weight is 692 g/mol. The van der Waals surface area contributed by atoms with E-state index < -0.39 is 85.4 Å². The molecular formula is C27H39F6N5O9. The van der Waals surface area contributed by atoms with Gasteiger partial charge in [-0.3, -0.25) is 28.7 Å². The molecule has 1 unspecified atom stereocenters. The molecule has 1 aliphatic heterocycles. The fraction of sp³-hybridized carbons (Fsp3) is 0.741. The Morgan fingerprint density at radius 2 is 1.45 bits per heavy atom. The van der Waals surface area contributed by atoms with Crippen LogP contribution in [0.1, 0.15) is 57.1 Å². The smallest absolute Gasteiger partial charge is 0.394 e. The third-order valence-corrected chi connectivity index (χ3v) is 7.34. The number of H-pyrrole nitrogens is 1. The van der Waals surface area contributed by atoms with Crippen LogP contribution in [0, 0.1) is 0 Å². The average Bonchev–Trinajstić information content (AvgIpc) is 3.28. The molecule has 14 nitrogen and oxygen atoms in total. The van der Waals surface area contributed by atoms with E-state index in [-0.39, 0.29) is 57.4 Å². The van der Waals surface area contributed by atoms with Crippen molar-refractivity contribution in [1.29, 1.82) is 0 Å². The number of nitrogens with one attached hydrogen (secondary N) is 2. The molecule has 1 saturated heterocycles. The third-order valence-electron chi connectivity index (χ3n) is 7.34. The molecule has 2 heterocycles. The van der Waals surface area contributed by atoms with Gasteiger partial charge in [0.15, 0.2) is 0 Å². The Kier molecular flexibility index (Phi) is 14.9. The van der Waals surface area contributed by atoms with Crippen molar-refractivity contribution in [2.75, 3.05) is 39.3 Å². The first kappa shape index (κ1) is 39.7. The van der Waals surface area contributed by atoms with E-state index >= 15 is 0 Å². The van der Waals surface area contributed by atoms with Crippen molar-refractivity contribution in [3.8, 4) is 0 Å². The standard InChI is InChI=1S/C27H39F6N5O9/c1-2-3-9-36(23(44)26(28,29)30)10-4-5-11-37(24(45)27(31,32)33)12-6-8-34-18(40)7-13-38-14-16(22(43)35-25(38)46)21-20(42)19(41)17(15-39)47-21/h14,17,19-21,39,41-42H,2-13,15H2,1H3,(H,34,40)(H,35,43,46)/t17-,19?,20+,21+/m1/s1. The number of unbranched alkanes of at least 4 members (excludes halogenated alkanes) is 2. The van der Waals surface area contributed by atoms with Gasteiger partial charge in [0.05, 0.1) is 12.2 Å². The van der Waals surface area contributed by atoms with Crippen molar-refractivity contribution >= 4 is 17.7 Å². The topological polar surface area (TPSA) is 194 Å². The number of hydrogen-bond donors (Lipinski definition) is 5. The van der Waals surface area contributed by atoms with Crippen LogP contribution in [0.15, 0.2) is 15.8 Å². The highest BCUT2D eigenvalue weighted by Crippen LogP contribution is 2.31. The van der Waals surface area contributed by atoms with Crippen molar-refractivity contribution in [3.63, 3.8) is 0 Å². The van der Waals surface area contributed by atoms with Gasteiger partial charge in [-0.2, -0.15) is 26.3 Å². The molecule has 0 saturated carbocycles. The highest BCUT2D eigenvalue weighted by Gasteiger charge is 2.45. The Morgan fingerprint density at radius 3 is 1.94 bits per heavy atom. The van der Waals surface area contributed by atoms with Crippen LogP contribution in [-0.2, 0) is 25.7 Å². The lowest BCUT2D eigenvalue weighted by atomic mass is 10.0. The number of hydrogen-bond acceptors (Lipinski definition) is 9. The van der Waals surface area contributed by atoms with Crippen LogP contribution < -0.4 is 16.6 Å². The van der Waals surface area contributed by atoms with Crippen LogP contribution in [0.4, 0.5) is 26.3 Å². The summed E-state index contributed by atoms with van der Waals surface area (Å²) in [6.45, 7) is -0.849. The summed E-state index contributed by atoms with van der Waals surface area (Å²) in [5, 5.41) is 31.8. The number of nitrogens with zero attached hydrogens (tertiary/aromatic N) is 3. The number of rotatable bonds is 17. The first-order valence-corrected chi connectivity index (χ1v) is 14.9. The van der Waals surface area contributed by atoms with Crippen molar-refractivity contribution in [3.05, 3.63) is 32.6 Å². The molecule has 1 aliphatic rings. The summed E-state index contributed by atoms with van der Waals surface area (Å²) < 4.78 is 84.3. The first-order chi connectivity index (χ1) is 21.9. The summed E-state index contributed by atoms with van der Waals surface area (Å²) in [5.74, 6) is -4.86. The Labute approximate surface area is 264 Å². The summed E-state index contributed by atoms with van der Waals surface area (Å²) in [4.78, 5) is 63.4. The van der Waals surface area contributed by atoms with Gasteiger partial charge in [0.1, 0.15) is 24.4 Å². The third kappa shape index (κ3) is 11.6. The number of ether oxygens (including phenoxy) is 1. The van der Waals surface area contributed by atoms with Gasteiger partial charge in [0.2, 0.25) is 5.91 Å². The van der Waals surface area contributed by atoms with Gasteiger partial charge in [-0.15, -0.1) is 0 Å². The normalized spacial score (nSPS) is 19.9. The molecule has 268 valence electrons. The highest BCUT2D eigenvalue weighted by molar-refractivity contribution is 5.82. The van der Waals surface area contributed by atoms with Gasteiger partial charge in [0.25, 0.3) is 5.56 Å². The second-order valence-electron chi connectivity index (χ2n) is 10.9. The van der Waals surface area contributed by atoms with Crippen molar-refractivity contribution < 1.29 is 60.8 Å². The van der Waals surface area contributed by atoms with E-state index in [1.54, 1.807) is 6.92 Å². The Morgan fingerprint density at radius 1 is 0.915 bits per heavy atom. The number of aryl methyl sites for hydroxylation is 1.